The van der Waals surface area contributed by atoms with Crippen LogP contribution >= 0.6 is 0 Å². The molecule has 0 spiro atoms. The molecule has 0 bridgehead atoms. The Morgan fingerprint density at radius 1 is 0.810 bits per heavy atom. The van der Waals surface area contributed by atoms with Crippen LogP contribution in [0, 0.1) is 0 Å². The number of rotatable bonds is 2. The molecular formula is C12H14O7S2. The van der Waals surface area contributed by atoms with Gasteiger partial charge in [0.05, 0.1) is 0 Å². The van der Waals surface area contributed by atoms with Crippen molar-refractivity contribution in [2.45, 2.75) is 16.7 Å². The van der Waals surface area contributed by atoms with Crippen molar-refractivity contribution < 1.29 is 31.0 Å². The van der Waals surface area contributed by atoms with Gasteiger partial charge in [-0.25, -0.2) is 0 Å². The lowest BCUT2D eigenvalue weighted by molar-refractivity contribution is 0.318. The SMILES string of the molecule is CCO.O=S(=O)(O)c1cccc2c(S(=O)(=O)O)cccc12. The summed E-state index contributed by atoms with van der Waals surface area (Å²) >= 11 is 0. The zero-order valence-electron chi connectivity index (χ0n) is 11.0. The largest absolute Gasteiger partial charge is 0.397 e. The summed E-state index contributed by atoms with van der Waals surface area (Å²) in [4.78, 5) is -0.823. The Balaban J connectivity index is 0.000000677. The van der Waals surface area contributed by atoms with Crippen LogP contribution in [-0.4, -0.2) is 37.7 Å². The summed E-state index contributed by atoms with van der Waals surface area (Å²) < 4.78 is 62.7. The first-order chi connectivity index (χ1) is 9.62. The molecule has 0 heterocycles. The fourth-order valence-electron chi connectivity index (χ4n) is 1.70. The second-order valence-corrected chi connectivity index (χ2v) is 6.65. The molecule has 0 unspecified atom stereocenters. The van der Waals surface area contributed by atoms with Crippen LogP contribution in [-0.2, 0) is 20.2 Å². The molecule has 0 aromatic heterocycles. The monoisotopic (exact) mass is 334 g/mol. The van der Waals surface area contributed by atoms with Crippen LogP contribution in [0.5, 0.6) is 0 Å². The van der Waals surface area contributed by atoms with E-state index in [4.69, 9.17) is 14.2 Å². The van der Waals surface area contributed by atoms with Gasteiger partial charge in [-0.05, 0) is 19.1 Å². The molecule has 9 heteroatoms. The van der Waals surface area contributed by atoms with Crippen molar-refractivity contribution in [1.29, 1.82) is 0 Å². The van der Waals surface area contributed by atoms with Crippen molar-refractivity contribution in [2.24, 2.45) is 0 Å². The molecule has 0 aliphatic carbocycles. The quantitative estimate of drug-likeness (QED) is 0.706. The maximum Gasteiger partial charge on any atom is 0.295 e. The minimum Gasteiger partial charge on any atom is -0.397 e. The van der Waals surface area contributed by atoms with Crippen LogP contribution in [0.4, 0.5) is 0 Å². The van der Waals surface area contributed by atoms with E-state index in [-0.39, 0.29) is 17.4 Å². The van der Waals surface area contributed by atoms with E-state index in [0.717, 1.165) is 12.1 Å². The first-order valence-electron chi connectivity index (χ1n) is 5.70. The maximum atomic E-state index is 11.2. The smallest absolute Gasteiger partial charge is 0.295 e. The molecule has 2 aromatic rings. The molecular weight excluding hydrogens is 320 g/mol. The molecule has 116 valence electrons. The Hall–Kier alpha value is -1.52. The van der Waals surface area contributed by atoms with E-state index in [1.54, 1.807) is 6.92 Å². The fourth-order valence-corrected chi connectivity index (χ4v) is 3.12. The Morgan fingerprint density at radius 3 is 1.33 bits per heavy atom. The van der Waals surface area contributed by atoms with Crippen LogP contribution in [0.15, 0.2) is 46.2 Å². The molecule has 0 aliphatic heterocycles. The summed E-state index contributed by atoms with van der Waals surface area (Å²) in [6, 6.07) is 7.53. The zero-order valence-corrected chi connectivity index (χ0v) is 12.6. The van der Waals surface area contributed by atoms with Crippen LogP contribution < -0.4 is 0 Å². The lowest BCUT2D eigenvalue weighted by Gasteiger charge is -2.06. The molecule has 0 amide bonds. The number of fused-ring (bicyclic) bond motifs is 1. The van der Waals surface area contributed by atoms with Gasteiger partial charge in [0.25, 0.3) is 20.2 Å². The van der Waals surface area contributed by atoms with E-state index in [1.807, 2.05) is 0 Å². The van der Waals surface area contributed by atoms with Crippen molar-refractivity contribution in [2.75, 3.05) is 6.61 Å². The van der Waals surface area contributed by atoms with Gasteiger partial charge in [-0.3, -0.25) is 9.11 Å². The van der Waals surface area contributed by atoms with Crippen LogP contribution in [0.1, 0.15) is 6.92 Å². The Labute approximate surface area is 122 Å². The highest BCUT2D eigenvalue weighted by atomic mass is 32.2. The molecule has 0 radical (unpaired) electrons. The van der Waals surface area contributed by atoms with Gasteiger partial charge in [0.2, 0.25) is 0 Å². The van der Waals surface area contributed by atoms with E-state index < -0.39 is 30.0 Å². The summed E-state index contributed by atoms with van der Waals surface area (Å²) in [7, 11) is -8.94. The molecule has 21 heavy (non-hydrogen) atoms. The van der Waals surface area contributed by atoms with Crippen molar-refractivity contribution in [3.8, 4) is 0 Å². The van der Waals surface area contributed by atoms with Gasteiger partial charge < -0.3 is 5.11 Å². The summed E-state index contributed by atoms with van der Waals surface area (Å²) in [6.07, 6.45) is 0. The predicted octanol–water partition coefficient (Wildman–Crippen LogP) is 1.33. The van der Waals surface area contributed by atoms with E-state index in [0.29, 0.717) is 0 Å². The lowest BCUT2D eigenvalue weighted by atomic mass is 10.1. The first-order valence-corrected chi connectivity index (χ1v) is 8.58. The normalized spacial score (nSPS) is 11.8. The van der Waals surface area contributed by atoms with E-state index in [1.165, 1.54) is 24.3 Å². The molecule has 3 N–H and O–H groups in total. The highest BCUT2D eigenvalue weighted by molar-refractivity contribution is 7.86. The molecule has 0 atom stereocenters. The highest BCUT2D eigenvalue weighted by Crippen LogP contribution is 2.27. The second kappa shape index (κ2) is 6.50. The number of hydrogen-bond acceptors (Lipinski definition) is 5. The molecule has 7 nitrogen and oxygen atoms in total. The standard InChI is InChI=1S/C10H8O6S2.C2H6O/c11-17(12,13)9-5-1-3-7-8(9)4-2-6-10(7)18(14,15)16;1-2-3/h1-6H,(H,11,12,13)(H,14,15,16);3H,2H2,1H3. The Morgan fingerprint density at radius 2 is 1.10 bits per heavy atom. The van der Waals surface area contributed by atoms with Gasteiger partial charge in [-0.2, -0.15) is 16.8 Å². The highest BCUT2D eigenvalue weighted by Gasteiger charge is 2.18. The zero-order chi connectivity index (χ0) is 16.3. The minimum atomic E-state index is -4.47. The number of benzene rings is 2. The molecule has 0 aliphatic rings. The van der Waals surface area contributed by atoms with E-state index in [9.17, 15) is 16.8 Å². The fraction of sp³-hybridized carbons (Fsp3) is 0.167. The Bertz CT molecular complexity index is 768. The van der Waals surface area contributed by atoms with Gasteiger partial charge in [-0.15, -0.1) is 0 Å². The summed E-state index contributed by atoms with van der Waals surface area (Å²) in [5.41, 5.74) is 0. The molecule has 2 rings (SSSR count). The van der Waals surface area contributed by atoms with Crippen molar-refractivity contribution in [1.82, 2.24) is 0 Å². The average Bonchev–Trinajstić information content (AvgIpc) is 2.36. The van der Waals surface area contributed by atoms with E-state index >= 15 is 0 Å². The van der Waals surface area contributed by atoms with Crippen LogP contribution in [0.25, 0.3) is 10.8 Å². The Kier molecular flexibility index (Phi) is 5.42. The van der Waals surface area contributed by atoms with Gasteiger partial charge in [0.15, 0.2) is 0 Å². The third-order valence-corrected chi connectivity index (χ3v) is 4.22. The molecule has 0 saturated carbocycles. The average molecular weight is 334 g/mol. The maximum absolute atomic E-state index is 11.2. The van der Waals surface area contributed by atoms with Gasteiger partial charge in [0, 0.05) is 17.4 Å². The molecule has 0 saturated heterocycles. The first kappa shape index (κ1) is 17.5. The summed E-state index contributed by atoms with van der Waals surface area (Å²) in [6.45, 7) is 1.93. The number of aliphatic hydroxyl groups excluding tert-OH is 1. The second-order valence-electron chi connectivity index (χ2n) is 3.87. The molecule has 2 aromatic carbocycles. The minimum absolute atomic E-state index is 0.0233. The summed E-state index contributed by atoms with van der Waals surface area (Å²) in [5.74, 6) is 0. The number of hydrogen-bond donors (Lipinski definition) is 3. The number of aliphatic hydroxyl groups is 1. The van der Waals surface area contributed by atoms with E-state index in [2.05, 4.69) is 0 Å². The summed E-state index contributed by atoms with van der Waals surface area (Å²) in [5, 5.41) is 7.62. The molecule has 0 fully saturated rings. The van der Waals surface area contributed by atoms with Gasteiger partial charge >= 0.3 is 0 Å². The third-order valence-electron chi connectivity index (χ3n) is 2.40. The van der Waals surface area contributed by atoms with Gasteiger partial charge in [-0.1, -0.05) is 24.3 Å². The van der Waals surface area contributed by atoms with Crippen LogP contribution in [0.2, 0.25) is 0 Å². The lowest BCUT2D eigenvalue weighted by Crippen LogP contribution is -2.02. The van der Waals surface area contributed by atoms with Crippen molar-refractivity contribution >= 4 is 31.0 Å². The van der Waals surface area contributed by atoms with Crippen LogP contribution in [0.3, 0.4) is 0 Å². The van der Waals surface area contributed by atoms with Crippen molar-refractivity contribution in [3.05, 3.63) is 36.4 Å². The van der Waals surface area contributed by atoms with Crippen molar-refractivity contribution in [3.63, 3.8) is 0 Å². The predicted molar refractivity (Wildman–Crippen MR) is 76.3 cm³/mol. The topological polar surface area (TPSA) is 129 Å². The van der Waals surface area contributed by atoms with Gasteiger partial charge in [0.1, 0.15) is 9.79 Å². The third kappa shape index (κ3) is 4.22.